The first-order valence-corrected chi connectivity index (χ1v) is 9.56. The average molecular weight is 383 g/mol. The van der Waals surface area contributed by atoms with Crippen LogP contribution in [0.4, 0.5) is 9.18 Å². The molecule has 1 unspecified atom stereocenters. The van der Waals surface area contributed by atoms with Crippen molar-refractivity contribution in [1.29, 1.82) is 0 Å². The molecule has 1 aliphatic rings. The monoisotopic (exact) mass is 383 g/mol. The zero-order valence-corrected chi connectivity index (χ0v) is 16.1. The molecule has 1 heterocycles. The van der Waals surface area contributed by atoms with Crippen LogP contribution < -0.4 is 10.6 Å². The molecule has 0 saturated carbocycles. The Balaban J connectivity index is 1.53. The van der Waals surface area contributed by atoms with Gasteiger partial charge < -0.3 is 15.5 Å². The van der Waals surface area contributed by atoms with Gasteiger partial charge in [0.05, 0.1) is 5.41 Å². The number of nitrogens with zero attached hydrogens (tertiary/aromatic N) is 1. The molecule has 3 rings (SSSR count). The second-order valence-corrected chi connectivity index (χ2v) is 7.54. The number of hydrogen-bond acceptors (Lipinski definition) is 2. The third kappa shape index (κ3) is 5.09. The summed E-state index contributed by atoms with van der Waals surface area (Å²) in [5.74, 6) is -0.337. The quantitative estimate of drug-likeness (QED) is 0.831. The van der Waals surface area contributed by atoms with E-state index in [1.165, 1.54) is 12.1 Å². The standard InChI is InChI=1S/C22H26FN3O2/c1-22(20(27)24-14-17-6-3-2-4-7-17)12-5-13-26(16-22)21(28)25-15-18-8-10-19(23)11-9-18/h2-4,6-11H,5,12-16H2,1H3,(H,24,27)(H,25,28). The molecule has 2 N–H and O–H groups in total. The van der Waals surface area contributed by atoms with E-state index in [1.807, 2.05) is 37.3 Å². The Morgan fingerprint density at radius 2 is 1.64 bits per heavy atom. The van der Waals surface area contributed by atoms with E-state index < -0.39 is 5.41 Å². The lowest BCUT2D eigenvalue weighted by molar-refractivity contribution is -0.132. The molecule has 1 saturated heterocycles. The molecule has 0 spiro atoms. The molecule has 6 heteroatoms. The van der Waals surface area contributed by atoms with E-state index in [9.17, 15) is 14.0 Å². The van der Waals surface area contributed by atoms with Crippen LogP contribution >= 0.6 is 0 Å². The SMILES string of the molecule is CC1(C(=O)NCc2ccccc2)CCCN(C(=O)NCc2ccc(F)cc2)C1. The summed E-state index contributed by atoms with van der Waals surface area (Å²) < 4.78 is 13.0. The summed E-state index contributed by atoms with van der Waals surface area (Å²) in [6, 6.07) is 15.6. The van der Waals surface area contributed by atoms with E-state index >= 15 is 0 Å². The normalized spacial score (nSPS) is 19.1. The van der Waals surface area contributed by atoms with Gasteiger partial charge in [0.2, 0.25) is 5.91 Å². The number of piperidine rings is 1. The van der Waals surface area contributed by atoms with Gasteiger partial charge in [0.15, 0.2) is 0 Å². The fraction of sp³-hybridized carbons (Fsp3) is 0.364. The second kappa shape index (κ2) is 8.87. The Hall–Kier alpha value is -2.89. The van der Waals surface area contributed by atoms with Crippen molar-refractivity contribution in [2.45, 2.75) is 32.9 Å². The lowest BCUT2D eigenvalue weighted by Gasteiger charge is -2.39. The molecule has 0 aromatic heterocycles. The van der Waals surface area contributed by atoms with Gasteiger partial charge in [-0.25, -0.2) is 9.18 Å². The predicted molar refractivity (Wildman–Crippen MR) is 106 cm³/mol. The number of urea groups is 1. The van der Waals surface area contributed by atoms with Gasteiger partial charge in [-0.2, -0.15) is 0 Å². The first-order chi connectivity index (χ1) is 13.5. The molecule has 1 atom stereocenters. The molecule has 1 fully saturated rings. The number of likely N-dealkylation sites (tertiary alicyclic amines) is 1. The Morgan fingerprint density at radius 3 is 2.36 bits per heavy atom. The molecule has 3 amide bonds. The van der Waals surface area contributed by atoms with Gasteiger partial charge in [-0.15, -0.1) is 0 Å². The number of rotatable bonds is 5. The van der Waals surface area contributed by atoms with E-state index in [1.54, 1.807) is 17.0 Å². The molecular weight excluding hydrogens is 357 g/mol. The van der Waals surface area contributed by atoms with E-state index in [-0.39, 0.29) is 17.8 Å². The van der Waals surface area contributed by atoms with Gasteiger partial charge in [0.1, 0.15) is 5.82 Å². The maximum Gasteiger partial charge on any atom is 0.317 e. The van der Waals surface area contributed by atoms with Crippen LogP contribution in [-0.2, 0) is 17.9 Å². The molecular formula is C22H26FN3O2. The lowest BCUT2D eigenvalue weighted by atomic mass is 9.81. The molecule has 2 aromatic carbocycles. The van der Waals surface area contributed by atoms with E-state index in [2.05, 4.69) is 10.6 Å². The molecule has 5 nitrogen and oxygen atoms in total. The molecule has 28 heavy (non-hydrogen) atoms. The van der Waals surface area contributed by atoms with E-state index in [0.717, 1.165) is 24.0 Å². The summed E-state index contributed by atoms with van der Waals surface area (Å²) in [5, 5.41) is 5.85. The summed E-state index contributed by atoms with van der Waals surface area (Å²) >= 11 is 0. The summed E-state index contributed by atoms with van der Waals surface area (Å²) in [6.07, 6.45) is 1.52. The van der Waals surface area contributed by atoms with Crippen LogP contribution in [0.1, 0.15) is 30.9 Å². The van der Waals surface area contributed by atoms with Crippen LogP contribution in [0.3, 0.4) is 0 Å². The fourth-order valence-electron chi connectivity index (χ4n) is 3.48. The zero-order valence-electron chi connectivity index (χ0n) is 16.1. The Bertz CT molecular complexity index is 810. The lowest BCUT2D eigenvalue weighted by Crippen LogP contribution is -2.53. The summed E-state index contributed by atoms with van der Waals surface area (Å²) in [4.78, 5) is 27.0. The molecule has 1 aliphatic heterocycles. The third-order valence-electron chi connectivity index (χ3n) is 5.18. The fourth-order valence-corrected chi connectivity index (χ4v) is 3.48. The van der Waals surface area contributed by atoms with Crippen LogP contribution in [-0.4, -0.2) is 29.9 Å². The van der Waals surface area contributed by atoms with Gasteiger partial charge in [-0.1, -0.05) is 42.5 Å². The van der Waals surface area contributed by atoms with Crippen molar-refractivity contribution in [3.63, 3.8) is 0 Å². The average Bonchev–Trinajstić information content (AvgIpc) is 2.72. The van der Waals surface area contributed by atoms with Crippen LogP contribution in [0.2, 0.25) is 0 Å². The number of halogens is 1. The minimum absolute atomic E-state index is 0.0348. The number of nitrogens with one attached hydrogen (secondary N) is 2. The van der Waals surface area contributed by atoms with Crippen molar-refractivity contribution in [2.24, 2.45) is 5.41 Å². The van der Waals surface area contributed by atoms with Crippen molar-refractivity contribution >= 4 is 11.9 Å². The van der Waals surface area contributed by atoms with Gasteiger partial charge in [-0.05, 0) is 43.0 Å². The predicted octanol–water partition coefficient (Wildman–Crippen LogP) is 3.45. The van der Waals surface area contributed by atoms with Crippen LogP contribution in [0.5, 0.6) is 0 Å². The van der Waals surface area contributed by atoms with Gasteiger partial charge in [-0.3, -0.25) is 4.79 Å². The summed E-state index contributed by atoms with van der Waals surface area (Å²) in [5.41, 5.74) is 1.26. The van der Waals surface area contributed by atoms with Crippen molar-refractivity contribution in [2.75, 3.05) is 13.1 Å². The molecule has 2 aromatic rings. The third-order valence-corrected chi connectivity index (χ3v) is 5.18. The second-order valence-electron chi connectivity index (χ2n) is 7.54. The highest BCUT2D eigenvalue weighted by molar-refractivity contribution is 5.84. The van der Waals surface area contributed by atoms with Gasteiger partial charge in [0.25, 0.3) is 0 Å². The highest BCUT2D eigenvalue weighted by Gasteiger charge is 2.39. The first-order valence-electron chi connectivity index (χ1n) is 9.56. The highest BCUT2D eigenvalue weighted by Crippen LogP contribution is 2.30. The maximum atomic E-state index is 13.0. The minimum Gasteiger partial charge on any atom is -0.351 e. The smallest absolute Gasteiger partial charge is 0.317 e. The van der Waals surface area contributed by atoms with E-state index in [0.29, 0.717) is 26.2 Å². The Labute approximate surface area is 164 Å². The van der Waals surface area contributed by atoms with Crippen molar-refractivity contribution < 1.29 is 14.0 Å². The number of carbonyl (C=O) groups is 2. The molecule has 148 valence electrons. The number of amides is 3. The van der Waals surface area contributed by atoms with Crippen LogP contribution in [0.15, 0.2) is 54.6 Å². The minimum atomic E-state index is -0.611. The summed E-state index contributed by atoms with van der Waals surface area (Å²) in [7, 11) is 0. The first kappa shape index (κ1) is 19.9. The van der Waals surface area contributed by atoms with Crippen LogP contribution in [0, 0.1) is 11.2 Å². The number of hydrogen-bond donors (Lipinski definition) is 2. The number of carbonyl (C=O) groups excluding carboxylic acids is 2. The van der Waals surface area contributed by atoms with E-state index in [4.69, 9.17) is 0 Å². The van der Waals surface area contributed by atoms with Crippen molar-refractivity contribution in [3.05, 3.63) is 71.5 Å². The Morgan fingerprint density at radius 1 is 1.00 bits per heavy atom. The zero-order chi connectivity index (χ0) is 20.0. The topological polar surface area (TPSA) is 61.4 Å². The van der Waals surface area contributed by atoms with Crippen molar-refractivity contribution in [1.82, 2.24) is 15.5 Å². The molecule has 0 radical (unpaired) electrons. The van der Waals surface area contributed by atoms with Gasteiger partial charge in [0, 0.05) is 26.2 Å². The summed E-state index contributed by atoms with van der Waals surface area (Å²) in [6.45, 7) is 3.71. The van der Waals surface area contributed by atoms with Crippen LogP contribution in [0.25, 0.3) is 0 Å². The number of benzene rings is 2. The largest absolute Gasteiger partial charge is 0.351 e. The maximum absolute atomic E-state index is 13.0. The Kier molecular flexibility index (Phi) is 6.29. The molecule has 0 bridgehead atoms. The highest BCUT2D eigenvalue weighted by atomic mass is 19.1. The van der Waals surface area contributed by atoms with Crippen molar-refractivity contribution in [3.8, 4) is 0 Å². The van der Waals surface area contributed by atoms with Gasteiger partial charge >= 0.3 is 6.03 Å². The molecule has 0 aliphatic carbocycles.